The van der Waals surface area contributed by atoms with E-state index in [9.17, 15) is 14.7 Å². The van der Waals surface area contributed by atoms with Gasteiger partial charge in [0.15, 0.2) is 0 Å². The van der Waals surface area contributed by atoms with E-state index in [1.807, 2.05) is 19.0 Å². The van der Waals surface area contributed by atoms with Crippen LogP contribution in [0.15, 0.2) is 54.1 Å². The number of likely N-dealkylation sites (tertiary alicyclic amines) is 1. The number of aliphatic hydroxyl groups is 1. The van der Waals surface area contributed by atoms with Crippen LogP contribution in [-0.2, 0) is 9.59 Å². The number of Topliss-reactive ketones (excluding diaryl/α,β-unsaturated/α-hetero) is 1. The molecule has 0 aliphatic carbocycles. The molecule has 1 saturated heterocycles. The summed E-state index contributed by atoms with van der Waals surface area (Å²) in [4.78, 5) is 29.1. The molecule has 1 fully saturated rings. The Bertz CT molecular complexity index is 936. The number of likely N-dealkylation sites (N-methyl/N-ethyl adjacent to an activating group) is 1. The number of aliphatic hydroxyl groups excluding tert-OH is 1. The van der Waals surface area contributed by atoms with Gasteiger partial charge in [-0.25, -0.2) is 0 Å². The molecule has 0 unspecified atom stereocenters. The van der Waals surface area contributed by atoms with Crippen LogP contribution in [0, 0.1) is 0 Å². The highest BCUT2D eigenvalue weighted by atomic mass is 35.5. The first-order chi connectivity index (χ1) is 13.8. The molecule has 1 amide bonds. The minimum Gasteiger partial charge on any atom is -0.507 e. The predicted octanol–water partition coefficient (Wildman–Crippen LogP) is 3.33. The molecule has 1 atom stereocenters. The van der Waals surface area contributed by atoms with Crippen molar-refractivity contribution in [2.45, 2.75) is 6.04 Å². The van der Waals surface area contributed by atoms with Crippen molar-refractivity contribution in [2.24, 2.45) is 0 Å². The summed E-state index contributed by atoms with van der Waals surface area (Å²) in [6.07, 6.45) is 0. The van der Waals surface area contributed by atoms with Gasteiger partial charge in [0.2, 0.25) is 0 Å². The van der Waals surface area contributed by atoms with Crippen molar-refractivity contribution in [1.29, 1.82) is 0 Å². The second-order valence-corrected chi connectivity index (χ2v) is 7.51. The molecule has 0 saturated carbocycles. The number of ketones is 1. The minimum absolute atomic E-state index is 0.0706. The van der Waals surface area contributed by atoms with E-state index in [2.05, 4.69) is 0 Å². The van der Waals surface area contributed by atoms with Crippen LogP contribution in [0.3, 0.4) is 0 Å². The third-order valence-corrected chi connectivity index (χ3v) is 5.13. The summed E-state index contributed by atoms with van der Waals surface area (Å²) < 4.78 is 5.14. The van der Waals surface area contributed by atoms with Crippen LogP contribution in [-0.4, -0.2) is 60.9 Å². The van der Waals surface area contributed by atoms with Crippen LogP contribution in [0.4, 0.5) is 0 Å². The Hall–Kier alpha value is -2.83. The smallest absolute Gasteiger partial charge is 0.295 e. The number of benzene rings is 2. The summed E-state index contributed by atoms with van der Waals surface area (Å²) in [7, 11) is 5.34. The van der Waals surface area contributed by atoms with E-state index >= 15 is 0 Å². The molecule has 6 nitrogen and oxygen atoms in total. The monoisotopic (exact) mass is 414 g/mol. The fourth-order valence-electron chi connectivity index (χ4n) is 3.31. The zero-order chi connectivity index (χ0) is 21.1. The highest BCUT2D eigenvalue weighted by Crippen LogP contribution is 2.39. The van der Waals surface area contributed by atoms with E-state index in [0.29, 0.717) is 35.0 Å². The maximum Gasteiger partial charge on any atom is 0.295 e. The van der Waals surface area contributed by atoms with Crippen LogP contribution < -0.4 is 4.74 Å². The molecule has 7 heteroatoms. The SMILES string of the molecule is COc1ccc(/C(O)=C2\C(=O)C(=O)N(CCN(C)C)[C@H]2c2ccc(Cl)cc2)cc1. The number of rotatable bonds is 6. The van der Waals surface area contributed by atoms with Gasteiger partial charge in [0.1, 0.15) is 11.5 Å². The third kappa shape index (κ3) is 4.28. The number of methoxy groups -OCH3 is 1. The normalized spacial score (nSPS) is 18.5. The van der Waals surface area contributed by atoms with Crippen LogP contribution in [0.5, 0.6) is 5.75 Å². The van der Waals surface area contributed by atoms with Gasteiger partial charge < -0.3 is 19.6 Å². The first-order valence-electron chi connectivity index (χ1n) is 9.16. The standard InChI is InChI=1S/C22H23ClN2O4/c1-24(2)12-13-25-19(14-4-8-16(23)9-5-14)18(21(27)22(25)28)20(26)15-6-10-17(29-3)11-7-15/h4-11,19,26H,12-13H2,1-3H3/b20-18+/t19-/m0/s1. The highest BCUT2D eigenvalue weighted by Gasteiger charge is 2.45. The molecule has 0 bridgehead atoms. The second kappa shape index (κ2) is 8.68. The second-order valence-electron chi connectivity index (χ2n) is 7.08. The van der Waals surface area contributed by atoms with Gasteiger partial charge >= 0.3 is 0 Å². The van der Waals surface area contributed by atoms with Gasteiger partial charge in [-0.05, 0) is 56.1 Å². The van der Waals surface area contributed by atoms with Crippen molar-refractivity contribution in [3.8, 4) is 5.75 Å². The van der Waals surface area contributed by atoms with Gasteiger partial charge in [0.05, 0.1) is 18.7 Å². The molecular weight excluding hydrogens is 392 g/mol. The molecule has 1 aliphatic heterocycles. The number of ether oxygens (including phenoxy) is 1. The number of amides is 1. The van der Waals surface area contributed by atoms with E-state index in [1.165, 1.54) is 4.90 Å². The number of hydrogen-bond donors (Lipinski definition) is 1. The van der Waals surface area contributed by atoms with Crippen molar-refractivity contribution in [1.82, 2.24) is 9.80 Å². The van der Waals surface area contributed by atoms with E-state index in [0.717, 1.165) is 0 Å². The van der Waals surface area contributed by atoms with Crippen LogP contribution in [0.25, 0.3) is 5.76 Å². The van der Waals surface area contributed by atoms with Gasteiger partial charge in [-0.1, -0.05) is 23.7 Å². The lowest BCUT2D eigenvalue weighted by Gasteiger charge is -2.26. The molecule has 3 rings (SSSR count). The largest absolute Gasteiger partial charge is 0.507 e. The summed E-state index contributed by atoms with van der Waals surface area (Å²) in [5.74, 6) is -0.903. The van der Waals surface area contributed by atoms with Gasteiger partial charge in [0, 0.05) is 23.7 Å². The van der Waals surface area contributed by atoms with Gasteiger partial charge in [-0.3, -0.25) is 9.59 Å². The molecule has 29 heavy (non-hydrogen) atoms. The average Bonchev–Trinajstić information content (AvgIpc) is 2.97. The first-order valence-corrected chi connectivity index (χ1v) is 9.54. The van der Waals surface area contributed by atoms with Gasteiger partial charge in [-0.15, -0.1) is 0 Å². The number of halogens is 1. The number of hydrogen-bond acceptors (Lipinski definition) is 5. The zero-order valence-corrected chi connectivity index (χ0v) is 17.3. The van der Waals surface area contributed by atoms with Crippen molar-refractivity contribution >= 4 is 29.1 Å². The van der Waals surface area contributed by atoms with Crippen LogP contribution in [0.1, 0.15) is 17.2 Å². The van der Waals surface area contributed by atoms with E-state index < -0.39 is 17.7 Å². The summed E-state index contributed by atoms with van der Waals surface area (Å²) in [5, 5.41) is 11.5. The molecule has 152 valence electrons. The predicted molar refractivity (Wildman–Crippen MR) is 112 cm³/mol. The Balaban J connectivity index is 2.11. The lowest BCUT2D eigenvalue weighted by molar-refractivity contribution is -0.140. The van der Waals surface area contributed by atoms with Gasteiger partial charge in [-0.2, -0.15) is 0 Å². The fraction of sp³-hybridized carbons (Fsp3) is 0.273. The molecule has 2 aromatic carbocycles. The number of carbonyl (C=O) groups is 2. The Morgan fingerprint density at radius 2 is 1.72 bits per heavy atom. The van der Waals surface area contributed by atoms with Crippen molar-refractivity contribution in [2.75, 3.05) is 34.3 Å². The van der Waals surface area contributed by atoms with E-state index in [-0.39, 0.29) is 11.3 Å². The number of carbonyl (C=O) groups excluding carboxylic acids is 2. The third-order valence-electron chi connectivity index (χ3n) is 4.88. The summed E-state index contributed by atoms with van der Waals surface area (Å²) >= 11 is 6.01. The highest BCUT2D eigenvalue weighted by molar-refractivity contribution is 6.46. The lowest BCUT2D eigenvalue weighted by Crippen LogP contribution is -2.35. The minimum atomic E-state index is -0.697. The van der Waals surface area contributed by atoms with E-state index in [4.69, 9.17) is 16.3 Å². The molecule has 2 aromatic rings. The molecular formula is C22H23ClN2O4. The summed E-state index contributed by atoms with van der Waals surface area (Å²) in [6.45, 7) is 0.934. The fourth-order valence-corrected chi connectivity index (χ4v) is 3.44. The Morgan fingerprint density at radius 3 is 2.28 bits per heavy atom. The molecule has 1 N–H and O–H groups in total. The molecule has 1 heterocycles. The molecule has 1 aliphatic rings. The summed E-state index contributed by atoms with van der Waals surface area (Å²) in [5.41, 5.74) is 1.22. The molecule has 0 aromatic heterocycles. The Morgan fingerprint density at radius 1 is 1.10 bits per heavy atom. The topological polar surface area (TPSA) is 70.1 Å². The zero-order valence-electron chi connectivity index (χ0n) is 16.6. The van der Waals surface area contributed by atoms with E-state index in [1.54, 1.807) is 55.6 Å². The number of nitrogens with zero attached hydrogens (tertiary/aromatic N) is 2. The van der Waals surface area contributed by atoms with Gasteiger partial charge in [0.25, 0.3) is 11.7 Å². The van der Waals surface area contributed by atoms with Crippen molar-refractivity contribution in [3.05, 3.63) is 70.3 Å². The van der Waals surface area contributed by atoms with Crippen LogP contribution in [0.2, 0.25) is 5.02 Å². The first kappa shape index (κ1) is 20.9. The Kier molecular flexibility index (Phi) is 6.25. The lowest BCUT2D eigenvalue weighted by atomic mass is 9.95. The molecule has 0 radical (unpaired) electrons. The Labute approximate surface area is 174 Å². The average molecular weight is 415 g/mol. The summed E-state index contributed by atoms with van der Waals surface area (Å²) in [6, 6.07) is 12.9. The van der Waals surface area contributed by atoms with Crippen LogP contribution >= 0.6 is 11.6 Å². The molecule has 0 spiro atoms. The quantitative estimate of drug-likeness (QED) is 0.446. The maximum absolute atomic E-state index is 12.9. The maximum atomic E-state index is 12.9. The van der Waals surface area contributed by atoms with Crippen molar-refractivity contribution in [3.63, 3.8) is 0 Å². The van der Waals surface area contributed by atoms with Crippen molar-refractivity contribution < 1.29 is 19.4 Å².